The van der Waals surface area contributed by atoms with Crippen LogP contribution in [0.25, 0.3) is 6.08 Å². The third kappa shape index (κ3) is 2.56. The average molecular weight is 177 g/mol. The largest absolute Gasteiger partial charge is 0.395 e. The Kier molecular flexibility index (Phi) is 2.98. The van der Waals surface area contributed by atoms with Crippen LogP contribution >= 0.6 is 0 Å². The van der Waals surface area contributed by atoms with Crippen molar-refractivity contribution in [2.45, 2.75) is 6.42 Å². The molecule has 66 valence electrons. The molecule has 0 aliphatic rings. The van der Waals surface area contributed by atoms with Crippen molar-refractivity contribution in [3.8, 4) is 6.07 Å². The molecule has 0 aliphatic carbocycles. The molecular weight excluding hydrogens is 169 g/mol. The van der Waals surface area contributed by atoms with Crippen molar-refractivity contribution < 1.29 is 4.39 Å². The highest BCUT2D eigenvalue weighted by Crippen LogP contribution is 2.10. The Balaban J connectivity index is 2.81. The summed E-state index contributed by atoms with van der Waals surface area (Å²) in [6, 6.07) is 3.42. The maximum atomic E-state index is 12.6. The van der Waals surface area contributed by atoms with Gasteiger partial charge in [0.2, 0.25) is 5.95 Å². The van der Waals surface area contributed by atoms with Gasteiger partial charge in [0.1, 0.15) is 0 Å². The summed E-state index contributed by atoms with van der Waals surface area (Å²) in [6.45, 7) is 0. The molecule has 0 saturated carbocycles. The third-order valence-corrected chi connectivity index (χ3v) is 1.41. The van der Waals surface area contributed by atoms with Crippen molar-refractivity contribution in [3.05, 3.63) is 29.9 Å². The SMILES string of the molecule is N#CCC=Cc1cnc(F)c(N)c1. The molecule has 3 nitrogen and oxygen atoms in total. The van der Waals surface area contributed by atoms with Crippen molar-refractivity contribution >= 4 is 11.8 Å². The minimum absolute atomic E-state index is 0.0131. The van der Waals surface area contributed by atoms with E-state index in [0.717, 1.165) is 0 Å². The van der Waals surface area contributed by atoms with Gasteiger partial charge in [-0.2, -0.15) is 9.65 Å². The van der Waals surface area contributed by atoms with Gasteiger partial charge in [-0.25, -0.2) is 4.98 Å². The zero-order chi connectivity index (χ0) is 9.68. The quantitative estimate of drug-likeness (QED) is 0.699. The van der Waals surface area contributed by atoms with Gasteiger partial charge in [0, 0.05) is 6.20 Å². The van der Waals surface area contributed by atoms with E-state index in [4.69, 9.17) is 11.0 Å². The number of hydrogen-bond acceptors (Lipinski definition) is 3. The van der Waals surface area contributed by atoms with E-state index >= 15 is 0 Å². The maximum absolute atomic E-state index is 12.6. The lowest BCUT2D eigenvalue weighted by Gasteiger charge is -1.96. The zero-order valence-electron chi connectivity index (χ0n) is 6.87. The first-order chi connectivity index (χ1) is 6.24. The first-order valence-electron chi connectivity index (χ1n) is 3.68. The Labute approximate surface area is 75.3 Å². The summed E-state index contributed by atoms with van der Waals surface area (Å²) in [5.41, 5.74) is 5.99. The number of nitrogens with zero attached hydrogens (tertiary/aromatic N) is 2. The molecule has 0 aromatic carbocycles. The number of allylic oxidation sites excluding steroid dienone is 1. The van der Waals surface area contributed by atoms with Crippen LogP contribution in [0.1, 0.15) is 12.0 Å². The highest BCUT2D eigenvalue weighted by molar-refractivity contribution is 5.54. The standard InChI is InChI=1S/C9H8FN3/c10-9-8(12)5-7(6-13-9)3-1-2-4-11/h1,3,5-6H,2,12H2. The number of pyridine rings is 1. The van der Waals surface area contributed by atoms with Crippen molar-refractivity contribution in [3.63, 3.8) is 0 Å². The smallest absolute Gasteiger partial charge is 0.236 e. The summed E-state index contributed by atoms with van der Waals surface area (Å²) in [4.78, 5) is 3.43. The van der Waals surface area contributed by atoms with Gasteiger partial charge < -0.3 is 5.73 Å². The van der Waals surface area contributed by atoms with E-state index in [1.807, 2.05) is 6.07 Å². The number of aromatic nitrogens is 1. The fourth-order valence-corrected chi connectivity index (χ4v) is 0.821. The molecule has 0 atom stereocenters. The van der Waals surface area contributed by atoms with Crippen LogP contribution in [0.4, 0.5) is 10.1 Å². The molecule has 4 heteroatoms. The van der Waals surface area contributed by atoms with Crippen LogP contribution in [0, 0.1) is 17.3 Å². The molecule has 0 amide bonds. The number of nitriles is 1. The van der Waals surface area contributed by atoms with Gasteiger partial charge in [0.15, 0.2) is 0 Å². The number of rotatable bonds is 2. The van der Waals surface area contributed by atoms with Gasteiger partial charge in [-0.05, 0) is 11.6 Å². The summed E-state index contributed by atoms with van der Waals surface area (Å²) in [6.07, 6.45) is 5.01. The lowest BCUT2D eigenvalue weighted by Crippen LogP contribution is -1.93. The van der Waals surface area contributed by atoms with Crippen LogP contribution in [0.5, 0.6) is 0 Å². The lowest BCUT2D eigenvalue weighted by atomic mass is 10.2. The summed E-state index contributed by atoms with van der Waals surface area (Å²) in [7, 11) is 0. The Morgan fingerprint density at radius 1 is 1.69 bits per heavy atom. The van der Waals surface area contributed by atoms with Crippen molar-refractivity contribution in [1.82, 2.24) is 4.98 Å². The average Bonchev–Trinajstić information content (AvgIpc) is 2.12. The first kappa shape index (κ1) is 9.20. The monoisotopic (exact) mass is 177 g/mol. The summed E-state index contributed by atoms with van der Waals surface area (Å²) < 4.78 is 12.6. The second-order valence-corrected chi connectivity index (χ2v) is 2.41. The zero-order valence-corrected chi connectivity index (χ0v) is 6.87. The van der Waals surface area contributed by atoms with Gasteiger partial charge in [-0.1, -0.05) is 12.2 Å². The molecule has 0 radical (unpaired) electrons. The van der Waals surface area contributed by atoms with Crippen molar-refractivity contribution in [2.75, 3.05) is 5.73 Å². The first-order valence-corrected chi connectivity index (χ1v) is 3.68. The second kappa shape index (κ2) is 4.21. The maximum Gasteiger partial charge on any atom is 0.236 e. The molecule has 0 spiro atoms. The van der Waals surface area contributed by atoms with Crippen LogP contribution < -0.4 is 5.73 Å². The molecule has 1 aromatic heterocycles. The van der Waals surface area contributed by atoms with E-state index in [1.54, 1.807) is 12.2 Å². The van der Waals surface area contributed by atoms with Crippen molar-refractivity contribution in [1.29, 1.82) is 5.26 Å². The highest BCUT2D eigenvalue weighted by Gasteiger charge is 1.97. The summed E-state index contributed by atoms with van der Waals surface area (Å²) in [5.74, 6) is -0.669. The van der Waals surface area contributed by atoms with Gasteiger partial charge >= 0.3 is 0 Å². The number of anilines is 1. The van der Waals surface area contributed by atoms with Gasteiger partial charge in [-0.3, -0.25) is 0 Å². The number of nitrogen functional groups attached to an aromatic ring is 1. The number of halogens is 1. The lowest BCUT2D eigenvalue weighted by molar-refractivity contribution is 0.588. The highest BCUT2D eigenvalue weighted by atomic mass is 19.1. The molecule has 2 N–H and O–H groups in total. The number of hydrogen-bond donors (Lipinski definition) is 1. The molecule has 0 unspecified atom stereocenters. The van der Waals surface area contributed by atoms with E-state index in [1.165, 1.54) is 12.3 Å². The van der Waals surface area contributed by atoms with E-state index in [-0.39, 0.29) is 5.69 Å². The Morgan fingerprint density at radius 3 is 3.08 bits per heavy atom. The second-order valence-electron chi connectivity index (χ2n) is 2.41. The molecular formula is C9H8FN3. The Morgan fingerprint density at radius 2 is 2.46 bits per heavy atom. The van der Waals surface area contributed by atoms with Gasteiger partial charge in [-0.15, -0.1) is 0 Å². The summed E-state index contributed by atoms with van der Waals surface area (Å²) >= 11 is 0. The number of nitrogens with two attached hydrogens (primary N) is 1. The third-order valence-electron chi connectivity index (χ3n) is 1.41. The Bertz CT molecular complexity index is 366. The van der Waals surface area contributed by atoms with Crippen LogP contribution in [0.15, 0.2) is 18.3 Å². The molecule has 0 aliphatic heterocycles. The molecule has 1 heterocycles. The fraction of sp³-hybridized carbons (Fsp3) is 0.111. The normalized spacial score (nSPS) is 10.2. The minimum Gasteiger partial charge on any atom is -0.395 e. The topological polar surface area (TPSA) is 62.7 Å². The van der Waals surface area contributed by atoms with Crippen LogP contribution in [0.3, 0.4) is 0 Å². The molecule has 1 rings (SSSR count). The molecule has 0 fully saturated rings. The molecule has 13 heavy (non-hydrogen) atoms. The van der Waals surface area contributed by atoms with E-state index in [9.17, 15) is 4.39 Å². The minimum atomic E-state index is -0.669. The molecule has 0 bridgehead atoms. The van der Waals surface area contributed by atoms with Crippen LogP contribution in [-0.4, -0.2) is 4.98 Å². The van der Waals surface area contributed by atoms with Gasteiger partial charge in [0.25, 0.3) is 0 Å². The van der Waals surface area contributed by atoms with Crippen LogP contribution in [0.2, 0.25) is 0 Å². The molecule has 0 saturated heterocycles. The van der Waals surface area contributed by atoms with E-state index in [0.29, 0.717) is 12.0 Å². The van der Waals surface area contributed by atoms with Crippen LogP contribution in [-0.2, 0) is 0 Å². The van der Waals surface area contributed by atoms with Crippen molar-refractivity contribution in [2.24, 2.45) is 0 Å². The predicted octanol–water partition coefficient (Wildman–Crippen LogP) is 1.73. The summed E-state index contributed by atoms with van der Waals surface area (Å²) in [5, 5.41) is 8.24. The van der Waals surface area contributed by atoms with E-state index < -0.39 is 5.95 Å². The predicted molar refractivity (Wildman–Crippen MR) is 47.9 cm³/mol. The fourth-order valence-electron chi connectivity index (χ4n) is 0.821. The van der Waals surface area contributed by atoms with Gasteiger partial charge in [0.05, 0.1) is 18.2 Å². The van der Waals surface area contributed by atoms with E-state index in [2.05, 4.69) is 4.98 Å². The Hall–Kier alpha value is -1.89. The molecule has 1 aromatic rings.